The van der Waals surface area contributed by atoms with Gasteiger partial charge in [0, 0.05) is 12.0 Å². The van der Waals surface area contributed by atoms with E-state index >= 15 is 0 Å². The average Bonchev–Trinajstić information content (AvgIpc) is 2.42. The van der Waals surface area contributed by atoms with Gasteiger partial charge in [0.15, 0.2) is 15.8 Å². The van der Waals surface area contributed by atoms with Crippen LogP contribution in [0.1, 0.15) is 13.3 Å². The van der Waals surface area contributed by atoms with Gasteiger partial charge in [0.05, 0.1) is 11.8 Å². The Bertz CT molecular complexity index is 346. The van der Waals surface area contributed by atoms with E-state index in [0.29, 0.717) is 12.5 Å². The van der Waals surface area contributed by atoms with Gasteiger partial charge in [0.25, 0.3) is 0 Å². The fourth-order valence-electron chi connectivity index (χ4n) is 1.13. The Morgan fingerprint density at radius 1 is 1.71 bits per heavy atom. The third kappa shape index (κ3) is 3.37. The van der Waals surface area contributed by atoms with E-state index in [1.165, 1.54) is 5.41 Å². The summed E-state index contributed by atoms with van der Waals surface area (Å²) < 4.78 is 22.1. The van der Waals surface area contributed by atoms with Crippen molar-refractivity contribution < 1.29 is 8.42 Å². The maximum atomic E-state index is 11.0. The van der Waals surface area contributed by atoms with Crippen molar-refractivity contribution in [2.24, 2.45) is 10.7 Å². The zero-order valence-electron chi connectivity index (χ0n) is 8.10. The highest BCUT2D eigenvalue weighted by molar-refractivity contribution is 7.94. The molecular formula is C8H15N3O2S. The van der Waals surface area contributed by atoms with E-state index in [0.717, 1.165) is 6.42 Å². The first-order valence-electron chi connectivity index (χ1n) is 4.51. The third-order valence-corrected chi connectivity index (χ3v) is 3.16. The van der Waals surface area contributed by atoms with Crippen LogP contribution in [0.4, 0.5) is 0 Å². The molecule has 0 aliphatic carbocycles. The molecule has 1 aliphatic heterocycles. The van der Waals surface area contributed by atoms with Gasteiger partial charge < -0.3 is 11.1 Å². The van der Waals surface area contributed by atoms with Gasteiger partial charge in [-0.1, -0.05) is 6.92 Å². The van der Waals surface area contributed by atoms with Gasteiger partial charge in [-0.25, -0.2) is 8.42 Å². The van der Waals surface area contributed by atoms with Crippen LogP contribution in [0.25, 0.3) is 0 Å². The Hall–Kier alpha value is -1.04. The number of hydrogen-bond acceptors (Lipinski definition) is 3. The lowest BCUT2D eigenvalue weighted by molar-refractivity contribution is 0.602. The first-order chi connectivity index (χ1) is 6.53. The molecule has 6 heteroatoms. The van der Waals surface area contributed by atoms with Gasteiger partial charge >= 0.3 is 0 Å². The normalized spacial score (nSPS) is 25.2. The van der Waals surface area contributed by atoms with E-state index in [1.807, 2.05) is 6.92 Å². The second-order valence-corrected chi connectivity index (χ2v) is 5.11. The molecule has 0 aromatic heterocycles. The van der Waals surface area contributed by atoms with Crippen molar-refractivity contribution in [1.29, 1.82) is 0 Å². The lowest BCUT2D eigenvalue weighted by atomic mass is 10.3. The van der Waals surface area contributed by atoms with Crippen LogP contribution in [-0.4, -0.2) is 32.7 Å². The molecule has 0 bridgehead atoms. The van der Waals surface area contributed by atoms with Gasteiger partial charge in [-0.2, -0.15) is 0 Å². The minimum Gasteiger partial charge on any atom is -0.370 e. The maximum Gasteiger partial charge on any atom is 0.189 e. The topological polar surface area (TPSA) is 84.5 Å². The molecule has 0 aromatic carbocycles. The highest BCUT2D eigenvalue weighted by Crippen LogP contribution is 2.07. The quantitative estimate of drug-likeness (QED) is 0.498. The van der Waals surface area contributed by atoms with E-state index in [-0.39, 0.29) is 11.8 Å². The molecule has 0 spiro atoms. The number of nitrogens with one attached hydrogen (secondary N) is 1. The molecule has 14 heavy (non-hydrogen) atoms. The van der Waals surface area contributed by atoms with E-state index < -0.39 is 9.84 Å². The number of guanidine groups is 1. The van der Waals surface area contributed by atoms with E-state index in [1.54, 1.807) is 6.08 Å². The fourth-order valence-corrected chi connectivity index (χ4v) is 2.37. The van der Waals surface area contributed by atoms with Crippen LogP contribution in [0.2, 0.25) is 0 Å². The molecule has 1 rings (SSSR count). The zero-order chi connectivity index (χ0) is 10.6. The second kappa shape index (κ2) is 4.45. The number of hydrogen-bond donors (Lipinski definition) is 2. The van der Waals surface area contributed by atoms with Crippen molar-refractivity contribution in [3.8, 4) is 0 Å². The van der Waals surface area contributed by atoms with Crippen molar-refractivity contribution in [1.82, 2.24) is 5.32 Å². The smallest absolute Gasteiger partial charge is 0.189 e. The molecule has 80 valence electrons. The van der Waals surface area contributed by atoms with Crippen LogP contribution in [0.5, 0.6) is 0 Å². The number of rotatable bonds is 3. The number of nitrogens with two attached hydrogens (primary N) is 1. The van der Waals surface area contributed by atoms with Crippen molar-refractivity contribution in [3.63, 3.8) is 0 Å². The maximum absolute atomic E-state index is 11.0. The summed E-state index contributed by atoms with van der Waals surface area (Å²) >= 11 is 0. The molecule has 5 nitrogen and oxygen atoms in total. The lowest BCUT2D eigenvalue weighted by Gasteiger charge is -2.09. The lowest BCUT2D eigenvalue weighted by Crippen LogP contribution is -2.40. The van der Waals surface area contributed by atoms with Gasteiger partial charge in [-0.3, -0.25) is 4.99 Å². The summed E-state index contributed by atoms with van der Waals surface area (Å²) in [6.45, 7) is 2.65. The largest absolute Gasteiger partial charge is 0.370 e. The minimum atomic E-state index is -3.02. The number of nitrogens with zero attached hydrogens (tertiary/aromatic N) is 1. The molecule has 3 N–H and O–H groups in total. The Kier molecular flexibility index (Phi) is 3.51. The number of sulfone groups is 1. The second-order valence-electron chi connectivity index (χ2n) is 3.18. The Morgan fingerprint density at radius 2 is 2.43 bits per heavy atom. The van der Waals surface area contributed by atoms with Crippen molar-refractivity contribution in [2.75, 3.05) is 12.3 Å². The molecule has 0 radical (unpaired) electrons. The summed E-state index contributed by atoms with van der Waals surface area (Å²) in [6, 6.07) is -0.236. The zero-order valence-corrected chi connectivity index (χ0v) is 8.92. The molecule has 0 aromatic rings. The Morgan fingerprint density at radius 3 is 2.93 bits per heavy atom. The van der Waals surface area contributed by atoms with Crippen LogP contribution in [-0.2, 0) is 9.84 Å². The van der Waals surface area contributed by atoms with Crippen LogP contribution in [0.15, 0.2) is 16.5 Å². The summed E-state index contributed by atoms with van der Waals surface area (Å²) in [5.74, 6) is 0.369. The van der Waals surface area contributed by atoms with E-state index in [2.05, 4.69) is 10.3 Å². The molecule has 1 heterocycles. The van der Waals surface area contributed by atoms with Crippen molar-refractivity contribution in [2.45, 2.75) is 19.4 Å². The highest BCUT2D eigenvalue weighted by atomic mass is 32.2. The van der Waals surface area contributed by atoms with Gasteiger partial charge in [0.1, 0.15) is 0 Å². The van der Waals surface area contributed by atoms with Crippen LogP contribution < -0.4 is 11.1 Å². The molecule has 0 saturated carbocycles. The van der Waals surface area contributed by atoms with Crippen LogP contribution in [0.3, 0.4) is 0 Å². The minimum absolute atomic E-state index is 0.0648. The molecular weight excluding hydrogens is 202 g/mol. The van der Waals surface area contributed by atoms with E-state index in [4.69, 9.17) is 5.73 Å². The monoisotopic (exact) mass is 217 g/mol. The molecule has 0 fully saturated rings. The predicted octanol–water partition coefficient (Wildman–Crippen LogP) is -0.389. The highest BCUT2D eigenvalue weighted by Gasteiger charge is 2.21. The first-order valence-corrected chi connectivity index (χ1v) is 6.22. The van der Waals surface area contributed by atoms with Crippen LogP contribution >= 0.6 is 0 Å². The summed E-state index contributed by atoms with van der Waals surface area (Å²) in [6.07, 6.45) is 2.50. The first kappa shape index (κ1) is 11.0. The summed E-state index contributed by atoms with van der Waals surface area (Å²) in [7, 11) is -3.02. The molecule has 0 amide bonds. The van der Waals surface area contributed by atoms with Gasteiger partial charge in [0.2, 0.25) is 0 Å². The summed E-state index contributed by atoms with van der Waals surface area (Å²) in [4.78, 5) is 4.01. The SMILES string of the molecule is CCCN=C(N)NC1C=CS(=O)(=O)C1. The fraction of sp³-hybridized carbons (Fsp3) is 0.625. The van der Waals surface area contributed by atoms with E-state index in [9.17, 15) is 8.42 Å². The molecule has 1 aliphatic rings. The standard InChI is InChI=1S/C8H15N3O2S/c1-2-4-10-8(9)11-7-3-5-14(12,13)6-7/h3,5,7H,2,4,6H2,1H3,(H3,9,10,11). The van der Waals surface area contributed by atoms with Crippen LogP contribution in [0, 0.1) is 0 Å². The summed E-state index contributed by atoms with van der Waals surface area (Å²) in [5.41, 5.74) is 5.54. The molecule has 1 atom stereocenters. The predicted molar refractivity (Wildman–Crippen MR) is 56.6 cm³/mol. The Balaban J connectivity index is 2.45. The average molecular weight is 217 g/mol. The third-order valence-electron chi connectivity index (χ3n) is 1.77. The van der Waals surface area contributed by atoms with Crippen molar-refractivity contribution >= 4 is 15.8 Å². The number of aliphatic imine (C=N–C) groups is 1. The summed E-state index contributed by atoms with van der Waals surface area (Å²) in [5, 5.41) is 4.04. The molecule has 1 unspecified atom stereocenters. The van der Waals surface area contributed by atoms with Crippen molar-refractivity contribution in [3.05, 3.63) is 11.5 Å². The van der Waals surface area contributed by atoms with Gasteiger partial charge in [-0.05, 0) is 12.5 Å². The Labute approximate surface area is 84.0 Å². The van der Waals surface area contributed by atoms with Gasteiger partial charge in [-0.15, -0.1) is 0 Å². The molecule has 0 saturated heterocycles.